The third-order valence-corrected chi connectivity index (χ3v) is 3.36. The maximum atomic E-state index is 12.7. The molecule has 3 aromatic rings. The van der Waals surface area contributed by atoms with E-state index in [-0.39, 0.29) is 5.91 Å². The fourth-order valence-electron chi connectivity index (χ4n) is 2.39. The molecule has 0 saturated carbocycles. The number of aromatic nitrogens is 1. The minimum Gasteiger partial charge on any atom is -0.493 e. The lowest BCUT2D eigenvalue weighted by molar-refractivity contribution is 0.102. The van der Waals surface area contributed by atoms with E-state index in [1.165, 1.54) is 0 Å². The van der Waals surface area contributed by atoms with Crippen LogP contribution in [0.3, 0.4) is 0 Å². The molecule has 0 unspecified atom stereocenters. The molecule has 0 bridgehead atoms. The average Bonchev–Trinajstić information content (AvgIpc) is 2.55. The van der Waals surface area contributed by atoms with Crippen LogP contribution < -0.4 is 10.1 Å². The van der Waals surface area contributed by atoms with Gasteiger partial charge in [0.05, 0.1) is 12.2 Å². The van der Waals surface area contributed by atoms with Crippen molar-refractivity contribution in [2.45, 2.75) is 6.92 Å². The van der Waals surface area contributed by atoms with Crippen molar-refractivity contribution in [3.8, 4) is 5.75 Å². The quantitative estimate of drug-likeness (QED) is 0.793. The Morgan fingerprint density at radius 3 is 2.64 bits per heavy atom. The van der Waals surface area contributed by atoms with Crippen LogP contribution in [0.4, 0.5) is 5.69 Å². The van der Waals surface area contributed by atoms with Gasteiger partial charge >= 0.3 is 0 Å². The molecule has 0 fully saturated rings. The van der Waals surface area contributed by atoms with Gasteiger partial charge in [-0.25, -0.2) is 0 Å². The fraction of sp³-hybridized carbons (Fsp3) is 0.111. The van der Waals surface area contributed by atoms with E-state index in [2.05, 4.69) is 10.3 Å². The highest BCUT2D eigenvalue weighted by molar-refractivity contribution is 6.15. The third-order valence-electron chi connectivity index (χ3n) is 3.36. The van der Waals surface area contributed by atoms with Gasteiger partial charge in [-0.05, 0) is 35.9 Å². The standard InChI is InChI=1S/C18H16N2O2/c1-2-22-16-8-7-13-5-3-4-6-15(13)17(16)18(21)20-14-9-11-19-12-10-14/h3-12H,2H2,1H3,(H,19,20,21). The van der Waals surface area contributed by atoms with Crippen LogP contribution >= 0.6 is 0 Å². The van der Waals surface area contributed by atoms with Gasteiger partial charge in [-0.15, -0.1) is 0 Å². The zero-order valence-corrected chi connectivity index (χ0v) is 12.2. The molecule has 0 radical (unpaired) electrons. The summed E-state index contributed by atoms with van der Waals surface area (Å²) in [4.78, 5) is 16.7. The van der Waals surface area contributed by atoms with Gasteiger partial charge in [0.2, 0.25) is 0 Å². The summed E-state index contributed by atoms with van der Waals surface area (Å²) in [6.07, 6.45) is 3.28. The first-order chi connectivity index (χ1) is 10.8. The van der Waals surface area contributed by atoms with Crippen LogP contribution in [0.25, 0.3) is 10.8 Å². The number of nitrogens with one attached hydrogen (secondary N) is 1. The third kappa shape index (κ3) is 2.76. The number of amides is 1. The maximum Gasteiger partial charge on any atom is 0.260 e. The summed E-state index contributed by atoms with van der Waals surface area (Å²) in [5.74, 6) is 0.402. The molecule has 0 aliphatic rings. The highest BCUT2D eigenvalue weighted by Crippen LogP contribution is 2.29. The Kier molecular flexibility index (Phi) is 4.01. The molecule has 4 nitrogen and oxygen atoms in total. The van der Waals surface area contributed by atoms with Crippen molar-refractivity contribution >= 4 is 22.4 Å². The summed E-state index contributed by atoms with van der Waals surface area (Å²) in [6, 6.07) is 15.1. The highest BCUT2D eigenvalue weighted by Gasteiger charge is 2.16. The second kappa shape index (κ2) is 6.26. The number of ether oxygens (including phenoxy) is 1. The van der Waals surface area contributed by atoms with E-state index in [4.69, 9.17) is 4.74 Å². The van der Waals surface area contributed by atoms with Gasteiger partial charge in [-0.1, -0.05) is 30.3 Å². The minimum atomic E-state index is -0.188. The molecule has 1 amide bonds. The van der Waals surface area contributed by atoms with E-state index in [1.54, 1.807) is 24.5 Å². The number of benzene rings is 2. The summed E-state index contributed by atoms with van der Waals surface area (Å²) in [6.45, 7) is 2.41. The molecule has 1 heterocycles. The molecule has 0 saturated heterocycles. The Balaban J connectivity index is 2.06. The van der Waals surface area contributed by atoms with Crippen LogP contribution in [0.15, 0.2) is 60.9 Å². The molecule has 0 aliphatic carbocycles. The minimum absolute atomic E-state index is 0.188. The molecule has 0 spiro atoms. The van der Waals surface area contributed by atoms with Crippen LogP contribution in [0.2, 0.25) is 0 Å². The first-order valence-corrected chi connectivity index (χ1v) is 7.15. The van der Waals surface area contributed by atoms with E-state index in [9.17, 15) is 4.79 Å². The molecular formula is C18H16N2O2. The Morgan fingerprint density at radius 2 is 1.86 bits per heavy atom. The van der Waals surface area contributed by atoms with Crippen molar-refractivity contribution in [1.29, 1.82) is 0 Å². The van der Waals surface area contributed by atoms with Crippen LogP contribution in [-0.4, -0.2) is 17.5 Å². The smallest absolute Gasteiger partial charge is 0.260 e. The van der Waals surface area contributed by atoms with Crippen molar-refractivity contribution in [2.75, 3.05) is 11.9 Å². The number of anilines is 1. The number of hydrogen-bond donors (Lipinski definition) is 1. The first kappa shape index (κ1) is 14.1. The first-order valence-electron chi connectivity index (χ1n) is 7.15. The molecule has 3 rings (SSSR count). The molecular weight excluding hydrogens is 276 g/mol. The Hall–Kier alpha value is -2.88. The second-order valence-electron chi connectivity index (χ2n) is 4.78. The summed E-state index contributed by atoms with van der Waals surface area (Å²) >= 11 is 0. The van der Waals surface area contributed by atoms with Gasteiger partial charge in [0, 0.05) is 18.1 Å². The van der Waals surface area contributed by atoms with E-state index in [1.807, 2.05) is 43.3 Å². The van der Waals surface area contributed by atoms with Crippen molar-refractivity contribution in [3.63, 3.8) is 0 Å². The normalized spacial score (nSPS) is 10.4. The number of fused-ring (bicyclic) bond motifs is 1. The van der Waals surface area contributed by atoms with Gasteiger partial charge in [0.15, 0.2) is 0 Å². The number of hydrogen-bond acceptors (Lipinski definition) is 3. The van der Waals surface area contributed by atoms with Crippen molar-refractivity contribution in [3.05, 3.63) is 66.5 Å². The molecule has 2 aromatic carbocycles. The topological polar surface area (TPSA) is 51.2 Å². The van der Waals surface area contributed by atoms with Gasteiger partial charge in [-0.3, -0.25) is 9.78 Å². The van der Waals surface area contributed by atoms with Gasteiger partial charge in [0.25, 0.3) is 5.91 Å². The van der Waals surface area contributed by atoms with E-state index >= 15 is 0 Å². The van der Waals surface area contributed by atoms with E-state index < -0.39 is 0 Å². The molecule has 1 aromatic heterocycles. The van der Waals surface area contributed by atoms with Crippen LogP contribution in [0, 0.1) is 0 Å². The molecule has 4 heteroatoms. The molecule has 0 aliphatic heterocycles. The Labute approximate surface area is 128 Å². The SMILES string of the molecule is CCOc1ccc2ccccc2c1C(=O)Nc1ccncc1. The van der Waals surface area contributed by atoms with Crippen molar-refractivity contribution in [2.24, 2.45) is 0 Å². The van der Waals surface area contributed by atoms with Crippen LogP contribution in [0.5, 0.6) is 5.75 Å². The predicted octanol–water partition coefficient (Wildman–Crippen LogP) is 3.89. The number of rotatable bonds is 4. The Morgan fingerprint density at radius 1 is 1.09 bits per heavy atom. The average molecular weight is 292 g/mol. The lowest BCUT2D eigenvalue weighted by atomic mass is 10.0. The van der Waals surface area contributed by atoms with Crippen molar-refractivity contribution < 1.29 is 9.53 Å². The van der Waals surface area contributed by atoms with E-state index in [0.717, 1.165) is 10.8 Å². The van der Waals surface area contributed by atoms with Crippen molar-refractivity contribution in [1.82, 2.24) is 4.98 Å². The fourth-order valence-corrected chi connectivity index (χ4v) is 2.39. The monoisotopic (exact) mass is 292 g/mol. The zero-order valence-electron chi connectivity index (χ0n) is 12.2. The number of nitrogens with zero attached hydrogens (tertiary/aromatic N) is 1. The van der Waals surface area contributed by atoms with Gasteiger partial charge in [-0.2, -0.15) is 0 Å². The molecule has 110 valence electrons. The van der Waals surface area contributed by atoms with Gasteiger partial charge in [0.1, 0.15) is 5.75 Å². The summed E-state index contributed by atoms with van der Waals surface area (Å²) in [5.41, 5.74) is 1.26. The predicted molar refractivity (Wildman–Crippen MR) is 87.3 cm³/mol. The summed E-state index contributed by atoms with van der Waals surface area (Å²) < 4.78 is 5.63. The Bertz CT molecular complexity index is 801. The largest absolute Gasteiger partial charge is 0.493 e. The van der Waals surface area contributed by atoms with Gasteiger partial charge < -0.3 is 10.1 Å². The lowest BCUT2D eigenvalue weighted by Crippen LogP contribution is -2.14. The summed E-state index contributed by atoms with van der Waals surface area (Å²) in [7, 11) is 0. The zero-order chi connectivity index (χ0) is 15.4. The molecule has 22 heavy (non-hydrogen) atoms. The maximum absolute atomic E-state index is 12.7. The molecule has 0 atom stereocenters. The number of carbonyl (C=O) groups is 1. The van der Waals surface area contributed by atoms with E-state index in [0.29, 0.717) is 23.6 Å². The van der Waals surface area contributed by atoms with Crippen LogP contribution in [-0.2, 0) is 0 Å². The lowest BCUT2D eigenvalue weighted by Gasteiger charge is -2.13. The summed E-state index contributed by atoms with van der Waals surface area (Å²) in [5, 5.41) is 4.77. The second-order valence-corrected chi connectivity index (χ2v) is 4.78. The number of pyridine rings is 1. The van der Waals surface area contributed by atoms with Crippen LogP contribution in [0.1, 0.15) is 17.3 Å². The number of carbonyl (C=O) groups excluding carboxylic acids is 1. The highest BCUT2D eigenvalue weighted by atomic mass is 16.5. The molecule has 1 N–H and O–H groups in total.